The van der Waals surface area contributed by atoms with Crippen LogP contribution >= 0.6 is 0 Å². The molecule has 0 rings (SSSR count). The minimum Gasteiger partial charge on any atom is -0.460 e. The van der Waals surface area contributed by atoms with E-state index in [0.717, 1.165) is 31.8 Å². The zero-order valence-electron chi connectivity index (χ0n) is 10.8. The summed E-state index contributed by atoms with van der Waals surface area (Å²) in [6, 6.07) is 0. The van der Waals surface area contributed by atoms with Gasteiger partial charge in [-0.25, -0.2) is 4.79 Å². The maximum Gasteiger partial charge on any atom is 0.389 e. The lowest BCUT2D eigenvalue weighted by Gasteiger charge is -2.11. The summed E-state index contributed by atoms with van der Waals surface area (Å²) in [7, 11) is 0. The van der Waals surface area contributed by atoms with Crippen LogP contribution in [0, 0.1) is 0 Å². The molecular weight excluding hydrogens is 245 g/mol. The fourth-order valence-corrected chi connectivity index (χ4v) is 1.59. The van der Waals surface area contributed by atoms with Crippen LogP contribution in [0.15, 0.2) is 12.7 Å². The van der Waals surface area contributed by atoms with Crippen LogP contribution in [0.3, 0.4) is 0 Å². The zero-order valence-corrected chi connectivity index (χ0v) is 10.8. The second-order valence-corrected chi connectivity index (χ2v) is 4.37. The SMILES string of the molecule is C=CC(=O)OC(C)CCCCCCCC(F)(F)F. The summed E-state index contributed by atoms with van der Waals surface area (Å²) in [5.74, 6) is -0.437. The van der Waals surface area contributed by atoms with Crippen LogP contribution in [0.2, 0.25) is 0 Å². The lowest BCUT2D eigenvalue weighted by Crippen LogP contribution is -2.12. The third kappa shape index (κ3) is 11.5. The van der Waals surface area contributed by atoms with E-state index in [9.17, 15) is 18.0 Å². The van der Waals surface area contributed by atoms with Crippen molar-refractivity contribution in [1.82, 2.24) is 0 Å². The molecule has 18 heavy (non-hydrogen) atoms. The fraction of sp³-hybridized carbons (Fsp3) is 0.769. The van der Waals surface area contributed by atoms with Gasteiger partial charge in [0.05, 0.1) is 6.10 Å². The van der Waals surface area contributed by atoms with Gasteiger partial charge >= 0.3 is 12.1 Å². The first-order valence-electron chi connectivity index (χ1n) is 6.25. The molecule has 0 saturated heterocycles. The summed E-state index contributed by atoms with van der Waals surface area (Å²) < 4.78 is 40.5. The average Bonchev–Trinajstić information content (AvgIpc) is 2.26. The summed E-state index contributed by atoms with van der Waals surface area (Å²) in [5.41, 5.74) is 0. The minimum absolute atomic E-state index is 0.161. The van der Waals surface area contributed by atoms with Crippen molar-refractivity contribution in [2.24, 2.45) is 0 Å². The van der Waals surface area contributed by atoms with Crippen molar-refractivity contribution in [1.29, 1.82) is 0 Å². The molecule has 5 heteroatoms. The lowest BCUT2D eigenvalue weighted by molar-refractivity contribution is -0.142. The molecule has 0 aliphatic heterocycles. The van der Waals surface area contributed by atoms with E-state index in [-0.39, 0.29) is 12.5 Å². The Morgan fingerprint density at radius 2 is 1.78 bits per heavy atom. The maximum absolute atomic E-state index is 11.8. The van der Waals surface area contributed by atoms with E-state index in [2.05, 4.69) is 6.58 Å². The summed E-state index contributed by atoms with van der Waals surface area (Å²) in [6.45, 7) is 5.09. The van der Waals surface area contributed by atoms with Gasteiger partial charge in [0.15, 0.2) is 0 Å². The highest BCUT2D eigenvalue weighted by atomic mass is 19.4. The standard InChI is InChI=1S/C13H21F3O2/c1-3-12(17)18-11(2)9-7-5-4-6-8-10-13(14,15)16/h3,11H,1,4-10H2,2H3. The third-order valence-corrected chi connectivity index (χ3v) is 2.55. The van der Waals surface area contributed by atoms with Gasteiger partial charge in [0.1, 0.15) is 0 Å². The molecule has 0 saturated carbocycles. The van der Waals surface area contributed by atoms with Crippen LogP contribution in [0.4, 0.5) is 13.2 Å². The quantitative estimate of drug-likeness (QED) is 0.351. The second kappa shape index (κ2) is 9.00. The van der Waals surface area contributed by atoms with Crippen LogP contribution in [-0.2, 0) is 9.53 Å². The van der Waals surface area contributed by atoms with Gasteiger partial charge in [-0.3, -0.25) is 0 Å². The van der Waals surface area contributed by atoms with Gasteiger partial charge in [0.2, 0.25) is 0 Å². The molecule has 0 fully saturated rings. The van der Waals surface area contributed by atoms with Crippen LogP contribution in [-0.4, -0.2) is 18.2 Å². The highest BCUT2D eigenvalue weighted by Gasteiger charge is 2.25. The number of hydrogen-bond acceptors (Lipinski definition) is 2. The first-order valence-corrected chi connectivity index (χ1v) is 6.25. The molecule has 0 aliphatic rings. The fourth-order valence-electron chi connectivity index (χ4n) is 1.59. The molecule has 0 aromatic rings. The van der Waals surface area contributed by atoms with E-state index in [4.69, 9.17) is 4.74 Å². The molecule has 0 bridgehead atoms. The summed E-state index contributed by atoms with van der Waals surface area (Å²) >= 11 is 0. The van der Waals surface area contributed by atoms with Crippen molar-refractivity contribution in [3.05, 3.63) is 12.7 Å². The van der Waals surface area contributed by atoms with Crippen molar-refractivity contribution in [3.63, 3.8) is 0 Å². The number of hydrogen-bond donors (Lipinski definition) is 0. The van der Waals surface area contributed by atoms with Crippen molar-refractivity contribution < 1.29 is 22.7 Å². The van der Waals surface area contributed by atoms with E-state index in [1.807, 2.05) is 0 Å². The van der Waals surface area contributed by atoms with Gasteiger partial charge < -0.3 is 4.74 Å². The van der Waals surface area contributed by atoms with E-state index in [0.29, 0.717) is 6.42 Å². The number of carbonyl (C=O) groups excluding carboxylic acids is 1. The van der Waals surface area contributed by atoms with Crippen LogP contribution in [0.5, 0.6) is 0 Å². The highest BCUT2D eigenvalue weighted by molar-refractivity contribution is 5.81. The van der Waals surface area contributed by atoms with Gasteiger partial charge in [-0.1, -0.05) is 25.8 Å². The Labute approximate surface area is 106 Å². The molecular formula is C13H21F3O2. The maximum atomic E-state index is 11.8. The number of halogens is 3. The Morgan fingerprint density at radius 1 is 1.22 bits per heavy atom. The van der Waals surface area contributed by atoms with Gasteiger partial charge in [0.25, 0.3) is 0 Å². The molecule has 0 heterocycles. The first-order chi connectivity index (χ1) is 8.35. The molecule has 1 unspecified atom stereocenters. The normalized spacial score (nSPS) is 13.1. The van der Waals surface area contributed by atoms with Crippen molar-refractivity contribution >= 4 is 5.97 Å². The predicted octanol–water partition coefficient (Wildman–Crippen LogP) is 4.40. The molecule has 0 aromatic heterocycles. The Hall–Kier alpha value is -1.00. The predicted molar refractivity (Wildman–Crippen MR) is 64.1 cm³/mol. The lowest BCUT2D eigenvalue weighted by atomic mass is 10.1. The van der Waals surface area contributed by atoms with Crippen molar-refractivity contribution in [2.75, 3.05) is 0 Å². The molecule has 1 atom stereocenters. The minimum atomic E-state index is -4.03. The summed E-state index contributed by atoms with van der Waals surface area (Å²) in [4.78, 5) is 10.8. The van der Waals surface area contributed by atoms with E-state index < -0.39 is 18.6 Å². The van der Waals surface area contributed by atoms with Crippen LogP contribution in [0.25, 0.3) is 0 Å². The Morgan fingerprint density at radius 3 is 2.33 bits per heavy atom. The van der Waals surface area contributed by atoms with Gasteiger partial charge in [0, 0.05) is 12.5 Å². The highest BCUT2D eigenvalue weighted by Crippen LogP contribution is 2.23. The summed E-state index contributed by atoms with van der Waals surface area (Å²) in [5, 5.41) is 0. The topological polar surface area (TPSA) is 26.3 Å². The number of alkyl halides is 3. The molecule has 0 radical (unpaired) electrons. The average molecular weight is 266 g/mol. The summed E-state index contributed by atoms with van der Waals surface area (Å²) in [6.07, 6.45) is 0.278. The molecule has 2 nitrogen and oxygen atoms in total. The molecule has 106 valence electrons. The van der Waals surface area contributed by atoms with Gasteiger partial charge in [-0.05, 0) is 26.2 Å². The second-order valence-electron chi connectivity index (χ2n) is 4.37. The Bertz CT molecular complexity index is 249. The number of carbonyl (C=O) groups is 1. The van der Waals surface area contributed by atoms with Gasteiger partial charge in [-0.2, -0.15) is 13.2 Å². The molecule has 0 spiro atoms. The van der Waals surface area contributed by atoms with Crippen LogP contribution in [0.1, 0.15) is 51.9 Å². The molecule has 0 amide bonds. The molecule has 0 N–H and O–H groups in total. The zero-order chi connectivity index (χ0) is 14.0. The Balaban J connectivity index is 3.35. The first kappa shape index (κ1) is 17.0. The third-order valence-electron chi connectivity index (χ3n) is 2.55. The molecule has 0 aromatic carbocycles. The van der Waals surface area contributed by atoms with E-state index in [1.54, 1.807) is 6.92 Å². The van der Waals surface area contributed by atoms with Crippen molar-refractivity contribution in [3.8, 4) is 0 Å². The van der Waals surface area contributed by atoms with E-state index in [1.165, 1.54) is 0 Å². The molecule has 0 aliphatic carbocycles. The number of rotatable bonds is 9. The van der Waals surface area contributed by atoms with Crippen molar-refractivity contribution in [2.45, 2.75) is 64.1 Å². The monoisotopic (exact) mass is 266 g/mol. The smallest absolute Gasteiger partial charge is 0.389 e. The van der Waals surface area contributed by atoms with E-state index >= 15 is 0 Å². The number of unbranched alkanes of at least 4 members (excludes halogenated alkanes) is 4. The number of esters is 1. The Kier molecular flexibility index (Phi) is 8.50. The van der Waals surface area contributed by atoms with Gasteiger partial charge in [-0.15, -0.1) is 0 Å². The largest absolute Gasteiger partial charge is 0.460 e. The number of ether oxygens (including phenoxy) is 1. The van der Waals surface area contributed by atoms with Crippen LogP contribution < -0.4 is 0 Å².